The van der Waals surface area contributed by atoms with Crippen molar-refractivity contribution in [2.24, 2.45) is 0 Å². The second-order valence-corrected chi connectivity index (χ2v) is 5.39. The minimum absolute atomic E-state index is 0.435. The molecule has 0 aliphatic heterocycles. The van der Waals surface area contributed by atoms with Crippen molar-refractivity contribution in [1.29, 1.82) is 0 Å². The molecule has 0 spiro atoms. The maximum absolute atomic E-state index is 5.24. The Balaban J connectivity index is 2.82. The molecule has 1 unspecified atom stereocenters. The molecule has 2 nitrogen and oxygen atoms in total. The van der Waals surface area contributed by atoms with E-state index in [4.69, 9.17) is 4.74 Å². The highest BCUT2D eigenvalue weighted by Gasteiger charge is 2.13. The fourth-order valence-electron chi connectivity index (χ4n) is 2.01. The summed E-state index contributed by atoms with van der Waals surface area (Å²) in [6.45, 7) is 5.50. The van der Waals surface area contributed by atoms with Crippen LogP contribution in [0.25, 0.3) is 0 Å². The molecule has 1 aromatic carbocycles. The Morgan fingerprint density at radius 3 is 2.61 bits per heavy atom. The lowest BCUT2D eigenvalue weighted by Crippen LogP contribution is -2.22. The van der Waals surface area contributed by atoms with Crippen LogP contribution in [0.4, 0.5) is 0 Å². The predicted octanol–water partition coefficient (Wildman–Crippen LogP) is 4.69. The lowest BCUT2D eigenvalue weighted by atomic mass is 10.0. The molecule has 0 saturated carbocycles. The van der Waals surface area contributed by atoms with Gasteiger partial charge in [-0.25, -0.2) is 0 Å². The van der Waals surface area contributed by atoms with E-state index < -0.39 is 0 Å². The van der Waals surface area contributed by atoms with Crippen LogP contribution in [0.15, 0.2) is 22.7 Å². The van der Waals surface area contributed by atoms with Gasteiger partial charge in [0.15, 0.2) is 0 Å². The number of unbranched alkanes of at least 4 members (excludes halogenated alkanes) is 1. The molecule has 0 heterocycles. The quantitative estimate of drug-likeness (QED) is 0.751. The Bertz CT molecular complexity index is 346. The molecule has 102 valence electrons. The van der Waals surface area contributed by atoms with Gasteiger partial charge in [0.05, 0.1) is 7.11 Å². The van der Waals surface area contributed by atoms with Gasteiger partial charge in [0.2, 0.25) is 0 Å². The molecular formula is C15H24BrNO. The van der Waals surface area contributed by atoms with Crippen LogP contribution in [0.2, 0.25) is 0 Å². The van der Waals surface area contributed by atoms with Crippen LogP contribution in [-0.4, -0.2) is 13.7 Å². The number of ether oxygens (including phenoxy) is 1. The van der Waals surface area contributed by atoms with E-state index >= 15 is 0 Å². The third-order valence-electron chi connectivity index (χ3n) is 3.07. The third kappa shape index (κ3) is 4.62. The van der Waals surface area contributed by atoms with E-state index in [1.54, 1.807) is 7.11 Å². The molecule has 1 atom stereocenters. The van der Waals surface area contributed by atoms with Gasteiger partial charge < -0.3 is 10.1 Å². The molecule has 0 fully saturated rings. The van der Waals surface area contributed by atoms with Gasteiger partial charge in [0.1, 0.15) is 5.75 Å². The first-order chi connectivity index (χ1) is 8.72. The third-order valence-corrected chi connectivity index (χ3v) is 3.76. The van der Waals surface area contributed by atoms with Gasteiger partial charge in [-0.05, 0) is 37.1 Å². The Kier molecular flexibility index (Phi) is 7.36. The summed E-state index contributed by atoms with van der Waals surface area (Å²) in [5.41, 5.74) is 1.33. The largest absolute Gasteiger partial charge is 0.497 e. The zero-order chi connectivity index (χ0) is 13.4. The maximum atomic E-state index is 5.24. The fourth-order valence-corrected chi connectivity index (χ4v) is 2.65. The van der Waals surface area contributed by atoms with E-state index in [1.165, 1.54) is 24.8 Å². The van der Waals surface area contributed by atoms with Crippen LogP contribution >= 0.6 is 15.9 Å². The van der Waals surface area contributed by atoms with Crippen LogP contribution in [-0.2, 0) is 0 Å². The summed E-state index contributed by atoms with van der Waals surface area (Å²) in [5, 5.41) is 3.63. The molecule has 0 aliphatic carbocycles. The Morgan fingerprint density at radius 1 is 1.28 bits per heavy atom. The van der Waals surface area contributed by atoms with Crippen LogP contribution in [0.3, 0.4) is 0 Å². The zero-order valence-corrected chi connectivity index (χ0v) is 13.2. The smallest absolute Gasteiger partial charge is 0.120 e. The summed E-state index contributed by atoms with van der Waals surface area (Å²) in [6, 6.07) is 6.67. The number of methoxy groups -OCH3 is 1. The maximum Gasteiger partial charge on any atom is 0.120 e. The standard InChI is InChI=1S/C15H24BrNO/c1-4-6-7-15(17-10-5-2)13-9-8-12(18-3)11-14(13)16/h8-9,11,15,17H,4-7,10H2,1-3H3. The van der Waals surface area contributed by atoms with Crippen molar-refractivity contribution in [2.75, 3.05) is 13.7 Å². The number of benzene rings is 1. The monoisotopic (exact) mass is 313 g/mol. The Hall–Kier alpha value is -0.540. The Morgan fingerprint density at radius 2 is 2.06 bits per heavy atom. The summed E-state index contributed by atoms with van der Waals surface area (Å²) in [5.74, 6) is 0.898. The summed E-state index contributed by atoms with van der Waals surface area (Å²) < 4.78 is 6.37. The van der Waals surface area contributed by atoms with Crippen molar-refractivity contribution in [3.63, 3.8) is 0 Å². The lowest BCUT2D eigenvalue weighted by Gasteiger charge is -2.20. The first kappa shape index (κ1) is 15.5. The van der Waals surface area contributed by atoms with Gasteiger partial charge in [-0.1, -0.05) is 48.7 Å². The van der Waals surface area contributed by atoms with Gasteiger partial charge >= 0.3 is 0 Å². The summed E-state index contributed by atoms with van der Waals surface area (Å²) in [6.07, 6.45) is 4.83. The number of hydrogen-bond donors (Lipinski definition) is 1. The van der Waals surface area contributed by atoms with Crippen molar-refractivity contribution in [3.05, 3.63) is 28.2 Å². The summed E-state index contributed by atoms with van der Waals surface area (Å²) in [7, 11) is 1.70. The normalized spacial score (nSPS) is 12.4. The van der Waals surface area contributed by atoms with Gasteiger partial charge in [-0.2, -0.15) is 0 Å². The average Bonchev–Trinajstić information content (AvgIpc) is 2.39. The van der Waals surface area contributed by atoms with E-state index in [9.17, 15) is 0 Å². The van der Waals surface area contributed by atoms with Crippen LogP contribution in [0, 0.1) is 0 Å². The highest BCUT2D eigenvalue weighted by atomic mass is 79.9. The topological polar surface area (TPSA) is 21.3 Å². The van der Waals surface area contributed by atoms with Crippen molar-refractivity contribution < 1.29 is 4.74 Å². The molecule has 0 amide bonds. The lowest BCUT2D eigenvalue weighted by molar-refractivity contribution is 0.413. The van der Waals surface area contributed by atoms with Crippen LogP contribution < -0.4 is 10.1 Å². The van der Waals surface area contributed by atoms with E-state index in [0.29, 0.717) is 6.04 Å². The first-order valence-corrected chi connectivity index (χ1v) is 7.59. The zero-order valence-electron chi connectivity index (χ0n) is 11.6. The van der Waals surface area contributed by atoms with Crippen molar-refractivity contribution in [2.45, 2.75) is 45.6 Å². The van der Waals surface area contributed by atoms with Crippen LogP contribution in [0.1, 0.15) is 51.1 Å². The minimum Gasteiger partial charge on any atom is -0.497 e. The highest BCUT2D eigenvalue weighted by molar-refractivity contribution is 9.10. The molecule has 0 aromatic heterocycles. The second kappa shape index (κ2) is 8.54. The SMILES string of the molecule is CCCCC(NCCC)c1ccc(OC)cc1Br. The number of halogens is 1. The minimum atomic E-state index is 0.435. The van der Waals surface area contributed by atoms with E-state index in [-0.39, 0.29) is 0 Å². The van der Waals surface area contributed by atoms with E-state index in [1.807, 2.05) is 12.1 Å². The Labute approximate surface area is 119 Å². The van der Waals surface area contributed by atoms with Gasteiger partial charge in [-0.15, -0.1) is 0 Å². The molecule has 0 radical (unpaired) electrons. The van der Waals surface area contributed by atoms with E-state index in [2.05, 4.69) is 41.2 Å². The van der Waals surface area contributed by atoms with Gasteiger partial charge in [0.25, 0.3) is 0 Å². The second-order valence-electron chi connectivity index (χ2n) is 4.54. The summed E-state index contributed by atoms with van der Waals surface area (Å²) >= 11 is 3.65. The molecule has 3 heteroatoms. The molecule has 1 aromatic rings. The number of rotatable bonds is 8. The first-order valence-electron chi connectivity index (χ1n) is 6.79. The molecule has 18 heavy (non-hydrogen) atoms. The van der Waals surface area contributed by atoms with Gasteiger partial charge in [-0.3, -0.25) is 0 Å². The molecular weight excluding hydrogens is 290 g/mol. The number of nitrogens with one attached hydrogen (secondary N) is 1. The molecule has 1 rings (SSSR count). The van der Waals surface area contributed by atoms with E-state index in [0.717, 1.165) is 23.2 Å². The summed E-state index contributed by atoms with van der Waals surface area (Å²) in [4.78, 5) is 0. The molecule has 0 bridgehead atoms. The van der Waals surface area contributed by atoms with Crippen LogP contribution in [0.5, 0.6) is 5.75 Å². The van der Waals surface area contributed by atoms with Crippen molar-refractivity contribution in [3.8, 4) is 5.75 Å². The fraction of sp³-hybridized carbons (Fsp3) is 0.600. The molecule has 0 saturated heterocycles. The van der Waals surface area contributed by atoms with Crippen molar-refractivity contribution in [1.82, 2.24) is 5.32 Å². The average molecular weight is 314 g/mol. The highest BCUT2D eigenvalue weighted by Crippen LogP contribution is 2.30. The van der Waals surface area contributed by atoms with Crippen molar-refractivity contribution >= 4 is 15.9 Å². The number of hydrogen-bond acceptors (Lipinski definition) is 2. The molecule has 1 N–H and O–H groups in total. The van der Waals surface area contributed by atoms with Gasteiger partial charge in [0, 0.05) is 10.5 Å². The predicted molar refractivity (Wildman–Crippen MR) is 81.3 cm³/mol. The molecule has 0 aliphatic rings.